The zero-order valence-corrected chi connectivity index (χ0v) is 14.9. The third-order valence-corrected chi connectivity index (χ3v) is 5.18. The molecule has 4 rings (SSSR count). The van der Waals surface area contributed by atoms with Gasteiger partial charge in [-0.3, -0.25) is 13.9 Å². The van der Waals surface area contributed by atoms with Gasteiger partial charge in [0.2, 0.25) is 5.91 Å². The van der Waals surface area contributed by atoms with Crippen LogP contribution in [0.3, 0.4) is 0 Å². The average Bonchev–Trinajstić information content (AvgIpc) is 3.20. The summed E-state index contributed by atoms with van der Waals surface area (Å²) in [6.45, 7) is 0.374. The molecule has 1 aliphatic heterocycles. The summed E-state index contributed by atoms with van der Waals surface area (Å²) in [6.07, 6.45) is 4.22. The molecule has 3 aromatic rings. The van der Waals surface area contributed by atoms with Crippen molar-refractivity contribution in [2.75, 3.05) is 13.2 Å². The van der Waals surface area contributed by atoms with Crippen LogP contribution >= 0.6 is 23.2 Å². The van der Waals surface area contributed by atoms with Crippen LogP contribution in [0.15, 0.2) is 18.5 Å². The quantitative estimate of drug-likeness (QED) is 0.737. The summed E-state index contributed by atoms with van der Waals surface area (Å²) >= 11 is 12.7. The van der Waals surface area contributed by atoms with E-state index in [1.807, 2.05) is 17.6 Å². The number of amides is 1. The number of pyridine rings is 1. The van der Waals surface area contributed by atoms with Crippen LogP contribution in [-0.4, -0.2) is 48.2 Å². The number of hydrogen-bond acceptors (Lipinski definition) is 4. The first-order chi connectivity index (χ1) is 12.0. The van der Waals surface area contributed by atoms with Gasteiger partial charge in [-0.1, -0.05) is 23.2 Å². The van der Waals surface area contributed by atoms with E-state index in [2.05, 4.69) is 10.1 Å². The molecule has 0 saturated carbocycles. The Hall–Kier alpha value is -2.09. The molecule has 0 aliphatic carbocycles. The molecular weight excluding hydrogens is 365 g/mol. The minimum absolute atomic E-state index is 0.302. The van der Waals surface area contributed by atoms with Crippen molar-refractivity contribution in [3.8, 4) is 11.3 Å². The summed E-state index contributed by atoms with van der Waals surface area (Å²) < 4.78 is 3.63. The standard InChI is InChI=1S/C16H15Cl2N5O2/c1-21-6-9(5-19-21)12-4-10(17)15(18)16-20-11-2-3-22(14(25)8-24)7-13(11)23(12)16/h4-6,24H,2-3,7-8H2,1H3. The molecule has 9 heteroatoms. The number of nitrogens with zero attached hydrogens (tertiary/aromatic N) is 5. The summed E-state index contributed by atoms with van der Waals surface area (Å²) in [6, 6.07) is 1.78. The molecular formula is C16H15Cl2N5O2. The Labute approximate surface area is 153 Å². The number of halogens is 2. The Morgan fingerprint density at radius 1 is 1.40 bits per heavy atom. The molecule has 0 unspecified atom stereocenters. The highest BCUT2D eigenvalue weighted by molar-refractivity contribution is 6.44. The molecule has 7 nitrogen and oxygen atoms in total. The SMILES string of the molecule is Cn1cc(-c2cc(Cl)c(Cl)c3nc4c(n23)CN(C(=O)CO)CC4)cn1. The first kappa shape index (κ1) is 16.4. The first-order valence-electron chi connectivity index (χ1n) is 7.75. The van der Waals surface area contributed by atoms with Gasteiger partial charge in [-0.15, -0.1) is 0 Å². The highest BCUT2D eigenvalue weighted by Gasteiger charge is 2.27. The van der Waals surface area contributed by atoms with Crippen molar-refractivity contribution in [2.24, 2.45) is 7.05 Å². The second kappa shape index (κ2) is 6.01. The Morgan fingerprint density at radius 3 is 2.88 bits per heavy atom. The molecule has 0 spiro atoms. The lowest BCUT2D eigenvalue weighted by Gasteiger charge is -2.26. The first-order valence-corrected chi connectivity index (χ1v) is 8.51. The second-order valence-corrected chi connectivity index (χ2v) is 6.77. The van der Waals surface area contributed by atoms with Crippen molar-refractivity contribution in [3.05, 3.63) is 39.9 Å². The minimum atomic E-state index is -0.506. The fourth-order valence-electron chi connectivity index (χ4n) is 3.20. The van der Waals surface area contributed by atoms with Crippen LogP contribution in [0, 0.1) is 0 Å². The van der Waals surface area contributed by atoms with Crippen LogP contribution in [0.4, 0.5) is 0 Å². The van der Waals surface area contributed by atoms with E-state index in [0.717, 1.165) is 22.6 Å². The maximum atomic E-state index is 11.9. The van der Waals surface area contributed by atoms with Gasteiger partial charge >= 0.3 is 0 Å². The van der Waals surface area contributed by atoms with E-state index in [1.54, 1.807) is 21.8 Å². The molecule has 1 amide bonds. The number of imidazole rings is 1. The fourth-order valence-corrected chi connectivity index (χ4v) is 3.57. The Bertz CT molecular complexity index is 994. The molecule has 0 saturated heterocycles. The lowest BCUT2D eigenvalue weighted by atomic mass is 10.1. The highest BCUT2D eigenvalue weighted by Crippen LogP contribution is 2.35. The number of aromatic nitrogens is 4. The lowest BCUT2D eigenvalue weighted by Crippen LogP contribution is -2.38. The number of aliphatic hydroxyl groups excluding tert-OH is 1. The maximum Gasteiger partial charge on any atom is 0.248 e. The normalized spacial score (nSPS) is 14.2. The van der Waals surface area contributed by atoms with E-state index in [9.17, 15) is 4.79 Å². The number of rotatable bonds is 2. The largest absolute Gasteiger partial charge is 0.387 e. The van der Waals surface area contributed by atoms with Crippen LogP contribution in [0.25, 0.3) is 16.9 Å². The van der Waals surface area contributed by atoms with Crippen LogP contribution in [0.2, 0.25) is 10.0 Å². The van der Waals surface area contributed by atoms with E-state index < -0.39 is 6.61 Å². The average molecular weight is 380 g/mol. The Balaban J connectivity index is 1.96. The van der Waals surface area contributed by atoms with Gasteiger partial charge in [0.25, 0.3) is 0 Å². The number of carbonyl (C=O) groups excluding carboxylic acids is 1. The molecule has 0 fully saturated rings. The lowest BCUT2D eigenvalue weighted by molar-refractivity contribution is -0.135. The minimum Gasteiger partial charge on any atom is -0.387 e. The number of fused-ring (bicyclic) bond motifs is 3. The van der Waals surface area contributed by atoms with Crippen molar-refractivity contribution in [1.82, 2.24) is 24.1 Å². The molecule has 0 atom stereocenters. The monoisotopic (exact) mass is 379 g/mol. The maximum absolute atomic E-state index is 11.9. The topological polar surface area (TPSA) is 75.7 Å². The van der Waals surface area contributed by atoms with Crippen molar-refractivity contribution in [1.29, 1.82) is 0 Å². The van der Waals surface area contributed by atoms with Crippen molar-refractivity contribution in [3.63, 3.8) is 0 Å². The third-order valence-electron chi connectivity index (χ3n) is 4.41. The summed E-state index contributed by atoms with van der Waals surface area (Å²) in [7, 11) is 1.84. The highest BCUT2D eigenvalue weighted by atomic mass is 35.5. The molecule has 4 heterocycles. The van der Waals surface area contributed by atoms with Crippen molar-refractivity contribution in [2.45, 2.75) is 13.0 Å². The number of aryl methyl sites for hydroxylation is 1. The summed E-state index contributed by atoms with van der Waals surface area (Å²) in [4.78, 5) is 18.2. The molecule has 0 radical (unpaired) electrons. The van der Waals surface area contributed by atoms with Crippen LogP contribution in [0.5, 0.6) is 0 Å². The van der Waals surface area contributed by atoms with Crippen LogP contribution in [-0.2, 0) is 24.8 Å². The molecule has 25 heavy (non-hydrogen) atoms. The predicted molar refractivity (Wildman–Crippen MR) is 93.6 cm³/mol. The van der Waals surface area contributed by atoms with Crippen LogP contribution in [0.1, 0.15) is 11.4 Å². The van der Waals surface area contributed by atoms with Gasteiger partial charge in [0.1, 0.15) is 11.6 Å². The molecule has 1 aliphatic rings. The van der Waals surface area contributed by atoms with Gasteiger partial charge in [0.15, 0.2) is 5.65 Å². The van der Waals surface area contributed by atoms with Gasteiger partial charge < -0.3 is 10.0 Å². The number of carbonyl (C=O) groups is 1. The van der Waals surface area contributed by atoms with Crippen LogP contribution < -0.4 is 0 Å². The molecule has 130 valence electrons. The zero-order valence-electron chi connectivity index (χ0n) is 13.4. The molecule has 3 aromatic heterocycles. The van der Waals surface area contributed by atoms with E-state index >= 15 is 0 Å². The Kier molecular flexibility index (Phi) is 3.94. The van der Waals surface area contributed by atoms with Gasteiger partial charge in [-0.05, 0) is 6.07 Å². The van der Waals surface area contributed by atoms with Gasteiger partial charge in [-0.25, -0.2) is 4.98 Å². The second-order valence-electron chi connectivity index (χ2n) is 5.98. The van der Waals surface area contributed by atoms with E-state index in [4.69, 9.17) is 28.3 Å². The third kappa shape index (κ3) is 2.59. The molecule has 0 aromatic carbocycles. The van der Waals surface area contributed by atoms with Crippen molar-refractivity contribution < 1.29 is 9.90 Å². The molecule has 1 N–H and O–H groups in total. The summed E-state index contributed by atoms with van der Waals surface area (Å²) in [5.41, 5.74) is 4.01. The smallest absolute Gasteiger partial charge is 0.248 e. The van der Waals surface area contributed by atoms with E-state index in [-0.39, 0.29) is 5.91 Å². The van der Waals surface area contributed by atoms with Gasteiger partial charge in [-0.2, -0.15) is 5.10 Å². The number of hydrogen-bond donors (Lipinski definition) is 1. The van der Waals surface area contributed by atoms with Gasteiger partial charge in [0.05, 0.1) is 34.8 Å². The fraction of sp³-hybridized carbons (Fsp3) is 0.312. The molecule has 0 bridgehead atoms. The summed E-state index contributed by atoms with van der Waals surface area (Å²) in [5.74, 6) is -0.302. The predicted octanol–water partition coefficient (Wildman–Crippen LogP) is 1.92. The number of aliphatic hydroxyl groups is 1. The van der Waals surface area contributed by atoms with E-state index in [0.29, 0.717) is 35.2 Å². The van der Waals surface area contributed by atoms with Gasteiger partial charge in [0, 0.05) is 31.8 Å². The summed E-state index contributed by atoms with van der Waals surface area (Å²) in [5, 5.41) is 14.2. The Morgan fingerprint density at radius 2 is 2.20 bits per heavy atom. The zero-order chi connectivity index (χ0) is 17.7. The van der Waals surface area contributed by atoms with Crippen molar-refractivity contribution >= 4 is 34.8 Å². The van der Waals surface area contributed by atoms with E-state index in [1.165, 1.54) is 0 Å².